The van der Waals surface area contributed by atoms with Gasteiger partial charge in [-0.05, 0) is 39.2 Å². The Morgan fingerprint density at radius 3 is 2.69 bits per heavy atom. The van der Waals surface area contributed by atoms with Gasteiger partial charge in [0.2, 0.25) is 5.95 Å². The van der Waals surface area contributed by atoms with Crippen molar-refractivity contribution in [2.75, 3.05) is 11.9 Å². The summed E-state index contributed by atoms with van der Waals surface area (Å²) in [6.07, 6.45) is 4.98. The molecule has 26 heavy (non-hydrogen) atoms. The fourth-order valence-electron chi connectivity index (χ4n) is 3.36. The number of nitrogens with one attached hydrogen (secondary N) is 1. The molecule has 138 valence electrons. The Balaban J connectivity index is 2.25. The molecule has 0 fully saturated rings. The number of rotatable bonds is 5. The van der Waals surface area contributed by atoms with Crippen LogP contribution in [0.1, 0.15) is 44.9 Å². The fourth-order valence-corrected chi connectivity index (χ4v) is 3.36. The van der Waals surface area contributed by atoms with Crippen molar-refractivity contribution >= 4 is 22.6 Å². The Kier molecular flexibility index (Phi) is 5.20. The number of pyridine rings is 1. The lowest BCUT2D eigenvalue weighted by Crippen LogP contribution is -2.25. The van der Waals surface area contributed by atoms with Crippen LogP contribution in [0, 0.1) is 12.8 Å². The standard InChI is InChI=1S/C20H25FN4O/c1-5-13-8-9-14(17(21)10-13)16-11-15-12(4)23-20(22-6-2)24-18(15)25(7-3)19(16)26/h8-9,11,13H,5-7,10H2,1-4H3,(H,22,23,24). The van der Waals surface area contributed by atoms with Gasteiger partial charge in [-0.15, -0.1) is 0 Å². The number of aromatic nitrogens is 3. The number of halogens is 1. The normalized spacial score (nSPS) is 17.2. The Morgan fingerprint density at radius 2 is 2.08 bits per heavy atom. The van der Waals surface area contributed by atoms with Gasteiger partial charge in [0.15, 0.2) is 0 Å². The van der Waals surface area contributed by atoms with E-state index in [2.05, 4.69) is 15.3 Å². The molecule has 5 nitrogen and oxygen atoms in total. The number of hydrogen-bond donors (Lipinski definition) is 1. The average Bonchev–Trinajstić information content (AvgIpc) is 2.62. The fraction of sp³-hybridized carbons (Fsp3) is 0.450. The zero-order valence-corrected chi connectivity index (χ0v) is 15.8. The maximum atomic E-state index is 14.7. The van der Waals surface area contributed by atoms with Crippen molar-refractivity contribution in [2.45, 2.75) is 47.1 Å². The highest BCUT2D eigenvalue weighted by molar-refractivity contribution is 5.86. The lowest BCUT2D eigenvalue weighted by atomic mass is 9.90. The third-order valence-electron chi connectivity index (χ3n) is 4.87. The van der Waals surface area contributed by atoms with E-state index in [9.17, 15) is 9.18 Å². The second-order valence-electron chi connectivity index (χ2n) is 6.56. The molecule has 2 aromatic rings. The summed E-state index contributed by atoms with van der Waals surface area (Å²) >= 11 is 0. The lowest BCUT2D eigenvalue weighted by Gasteiger charge is -2.18. The van der Waals surface area contributed by atoms with E-state index < -0.39 is 0 Å². The molecule has 0 saturated heterocycles. The van der Waals surface area contributed by atoms with E-state index in [1.807, 2.05) is 33.8 Å². The monoisotopic (exact) mass is 356 g/mol. The highest BCUT2D eigenvalue weighted by Crippen LogP contribution is 2.32. The van der Waals surface area contributed by atoms with E-state index in [-0.39, 0.29) is 17.3 Å². The smallest absolute Gasteiger partial charge is 0.260 e. The van der Waals surface area contributed by atoms with Crippen molar-refractivity contribution in [3.63, 3.8) is 0 Å². The first-order valence-corrected chi connectivity index (χ1v) is 9.23. The van der Waals surface area contributed by atoms with Gasteiger partial charge < -0.3 is 5.32 Å². The van der Waals surface area contributed by atoms with E-state index in [1.165, 1.54) is 0 Å². The van der Waals surface area contributed by atoms with Crippen LogP contribution in [0.2, 0.25) is 0 Å². The first-order chi connectivity index (χ1) is 12.5. The van der Waals surface area contributed by atoms with Gasteiger partial charge in [-0.1, -0.05) is 19.1 Å². The summed E-state index contributed by atoms with van der Waals surface area (Å²) in [6.45, 7) is 8.93. The third kappa shape index (κ3) is 3.16. The Labute approximate surface area is 152 Å². The van der Waals surface area contributed by atoms with E-state index in [1.54, 1.807) is 16.7 Å². The van der Waals surface area contributed by atoms with Crippen LogP contribution in [0.25, 0.3) is 16.6 Å². The molecular weight excluding hydrogens is 331 g/mol. The van der Waals surface area contributed by atoms with Gasteiger partial charge >= 0.3 is 0 Å². The van der Waals surface area contributed by atoms with E-state index >= 15 is 0 Å². The number of hydrogen-bond acceptors (Lipinski definition) is 4. The van der Waals surface area contributed by atoms with Crippen molar-refractivity contribution in [3.05, 3.63) is 45.7 Å². The van der Waals surface area contributed by atoms with Gasteiger partial charge in [-0.25, -0.2) is 9.37 Å². The van der Waals surface area contributed by atoms with E-state index in [0.29, 0.717) is 42.2 Å². The summed E-state index contributed by atoms with van der Waals surface area (Å²) in [5, 5.41) is 3.86. The van der Waals surface area contributed by atoms with Crippen LogP contribution in [0.3, 0.4) is 0 Å². The Morgan fingerprint density at radius 1 is 1.31 bits per heavy atom. The van der Waals surface area contributed by atoms with Crippen LogP contribution in [0.4, 0.5) is 10.3 Å². The number of aryl methyl sites for hydroxylation is 2. The molecule has 0 aliphatic heterocycles. The van der Waals surface area contributed by atoms with Crippen LogP contribution < -0.4 is 10.9 Å². The van der Waals surface area contributed by atoms with Crippen molar-refractivity contribution in [2.24, 2.45) is 5.92 Å². The van der Waals surface area contributed by atoms with Gasteiger partial charge in [0.05, 0.1) is 11.3 Å². The first-order valence-electron chi connectivity index (χ1n) is 9.23. The zero-order valence-electron chi connectivity index (χ0n) is 15.8. The van der Waals surface area contributed by atoms with Crippen LogP contribution in [-0.4, -0.2) is 21.1 Å². The molecular formula is C20H25FN4O. The second-order valence-corrected chi connectivity index (χ2v) is 6.56. The topological polar surface area (TPSA) is 59.8 Å². The van der Waals surface area contributed by atoms with Crippen molar-refractivity contribution < 1.29 is 4.39 Å². The summed E-state index contributed by atoms with van der Waals surface area (Å²) in [7, 11) is 0. The van der Waals surface area contributed by atoms with Gasteiger partial charge in [0.1, 0.15) is 11.5 Å². The molecule has 6 heteroatoms. The van der Waals surface area contributed by atoms with Crippen molar-refractivity contribution in [3.8, 4) is 0 Å². The summed E-state index contributed by atoms with van der Waals surface area (Å²) in [4.78, 5) is 22.0. The maximum Gasteiger partial charge on any atom is 0.260 e. The van der Waals surface area contributed by atoms with E-state index in [4.69, 9.17) is 0 Å². The number of anilines is 1. The highest BCUT2D eigenvalue weighted by atomic mass is 19.1. The van der Waals surface area contributed by atoms with Gasteiger partial charge in [0, 0.05) is 30.5 Å². The predicted octanol–water partition coefficient (Wildman–Crippen LogP) is 4.22. The molecule has 0 amide bonds. The molecule has 0 aromatic carbocycles. The van der Waals surface area contributed by atoms with Gasteiger partial charge in [-0.3, -0.25) is 9.36 Å². The minimum absolute atomic E-state index is 0.195. The molecule has 1 unspecified atom stereocenters. The molecule has 1 atom stereocenters. The molecule has 2 aromatic heterocycles. The molecule has 0 spiro atoms. The highest BCUT2D eigenvalue weighted by Gasteiger charge is 2.21. The largest absolute Gasteiger partial charge is 0.354 e. The molecule has 1 aliphatic rings. The minimum Gasteiger partial charge on any atom is -0.354 e. The molecule has 1 N–H and O–H groups in total. The molecule has 0 bridgehead atoms. The van der Waals surface area contributed by atoms with Crippen LogP contribution in [0.15, 0.2) is 28.8 Å². The SMILES string of the molecule is CCNc1nc(C)c2cc(C3=C(F)CC(CC)C=C3)c(=O)n(CC)c2n1. The summed E-state index contributed by atoms with van der Waals surface area (Å²) in [5.74, 6) is 0.474. The van der Waals surface area contributed by atoms with Crippen LogP contribution >= 0.6 is 0 Å². The third-order valence-corrected chi connectivity index (χ3v) is 4.87. The number of fused-ring (bicyclic) bond motifs is 1. The summed E-state index contributed by atoms with van der Waals surface area (Å²) in [5.41, 5.74) is 1.90. The van der Waals surface area contributed by atoms with E-state index in [0.717, 1.165) is 17.5 Å². The molecule has 2 heterocycles. The average molecular weight is 356 g/mol. The molecule has 0 saturated carbocycles. The predicted molar refractivity (Wildman–Crippen MR) is 104 cm³/mol. The first kappa shape index (κ1) is 18.3. The molecule has 3 rings (SSSR count). The Bertz CT molecular complexity index is 958. The van der Waals surface area contributed by atoms with Crippen molar-refractivity contribution in [1.82, 2.24) is 14.5 Å². The lowest BCUT2D eigenvalue weighted by molar-refractivity contribution is 0.508. The number of allylic oxidation sites excluding steroid dienone is 4. The summed E-state index contributed by atoms with van der Waals surface area (Å²) < 4.78 is 16.3. The molecule has 1 aliphatic carbocycles. The summed E-state index contributed by atoms with van der Waals surface area (Å²) in [6, 6.07) is 1.74. The Hall–Kier alpha value is -2.50. The molecule has 0 radical (unpaired) electrons. The quantitative estimate of drug-likeness (QED) is 0.871. The number of nitrogens with zero attached hydrogens (tertiary/aromatic N) is 3. The zero-order chi connectivity index (χ0) is 18.8. The second kappa shape index (κ2) is 7.40. The van der Waals surface area contributed by atoms with Crippen LogP contribution in [-0.2, 0) is 6.54 Å². The van der Waals surface area contributed by atoms with Gasteiger partial charge in [-0.2, -0.15) is 4.98 Å². The minimum atomic E-state index is -0.221. The van der Waals surface area contributed by atoms with Crippen LogP contribution in [0.5, 0.6) is 0 Å². The maximum absolute atomic E-state index is 14.7. The van der Waals surface area contributed by atoms with Gasteiger partial charge in [0.25, 0.3) is 5.56 Å². The van der Waals surface area contributed by atoms with Crippen molar-refractivity contribution in [1.29, 1.82) is 0 Å².